The summed E-state index contributed by atoms with van der Waals surface area (Å²) in [7, 11) is 1.64. The highest BCUT2D eigenvalue weighted by Gasteiger charge is 2.25. The van der Waals surface area contributed by atoms with Crippen molar-refractivity contribution in [1.82, 2.24) is 9.88 Å². The van der Waals surface area contributed by atoms with E-state index in [0.717, 1.165) is 0 Å². The number of halogens is 2. The van der Waals surface area contributed by atoms with Crippen LogP contribution in [0.15, 0.2) is 36.5 Å². The molecule has 0 spiro atoms. The monoisotopic (exact) mass is 326 g/mol. The standard InChI is InChI=1S/C14H12Cl2N2O3/c1-18-7-8(15)6-11(18)13(19)17-12(14(20)21)9-4-2-3-5-10(9)16/h2-7,12H,1H3,(H,17,19)(H,20,21)/t12-/m1/s1. The number of nitrogens with zero attached hydrogens (tertiary/aromatic N) is 1. The average Bonchev–Trinajstić information content (AvgIpc) is 2.75. The Morgan fingerprint density at radius 1 is 1.29 bits per heavy atom. The van der Waals surface area contributed by atoms with E-state index in [0.29, 0.717) is 10.6 Å². The molecule has 0 aliphatic carbocycles. The zero-order valence-electron chi connectivity index (χ0n) is 11.0. The quantitative estimate of drug-likeness (QED) is 0.907. The van der Waals surface area contributed by atoms with Crippen LogP contribution in [0.2, 0.25) is 10.0 Å². The second kappa shape index (κ2) is 6.20. The SMILES string of the molecule is Cn1cc(Cl)cc1C(=O)N[C@@H](C(=O)O)c1ccccc1Cl. The first kappa shape index (κ1) is 15.4. The van der Waals surface area contributed by atoms with Crippen LogP contribution in [0.1, 0.15) is 22.1 Å². The molecule has 0 bridgehead atoms. The Morgan fingerprint density at radius 2 is 1.95 bits per heavy atom. The predicted octanol–water partition coefficient (Wildman–Crippen LogP) is 2.89. The highest BCUT2D eigenvalue weighted by molar-refractivity contribution is 6.31. The minimum absolute atomic E-state index is 0.262. The first-order valence-corrected chi connectivity index (χ1v) is 6.75. The van der Waals surface area contributed by atoms with Gasteiger partial charge in [0.05, 0.1) is 5.02 Å². The number of carboxylic acids is 1. The third-order valence-electron chi connectivity index (χ3n) is 2.94. The number of hydrogen-bond acceptors (Lipinski definition) is 2. The minimum atomic E-state index is -1.24. The van der Waals surface area contributed by atoms with Gasteiger partial charge in [-0.3, -0.25) is 4.79 Å². The number of aromatic nitrogens is 1. The van der Waals surface area contributed by atoms with Crippen molar-refractivity contribution >= 4 is 35.1 Å². The van der Waals surface area contributed by atoms with E-state index in [4.69, 9.17) is 23.2 Å². The molecule has 0 aliphatic heterocycles. The highest BCUT2D eigenvalue weighted by atomic mass is 35.5. The van der Waals surface area contributed by atoms with Crippen molar-refractivity contribution in [2.24, 2.45) is 7.05 Å². The van der Waals surface area contributed by atoms with Crippen molar-refractivity contribution in [3.8, 4) is 0 Å². The molecule has 1 atom stereocenters. The fourth-order valence-corrected chi connectivity index (χ4v) is 2.43. The molecule has 0 aliphatic rings. The number of carboxylic acid groups (broad SMARTS) is 1. The molecule has 2 aromatic rings. The Morgan fingerprint density at radius 3 is 2.48 bits per heavy atom. The Bertz CT molecular complexity index is 697. The van der Waals surface area contributed by atoms with Crippen LogP contribution in [-0.4, -0.2) is 21.6 Å². The smallest absolute Gasteiger partial charge is 0.330 e. The van der Waals surface area contributed by atoms with Gasteiger partial charge in [0.1, 0.15) is 5.69 Å². The van der Waals surface area contributed by atoms with Gasteiger partial charge < -0.3 is 15.0 Å². The number of carbonyl (C=O) groups is 2. The van der Waals surface area contributed by atoms with Gasteiger partial charge in [-0.1, -0.05) is 41.4 Å². The number of aliphatic carboxylic acids is 1. The lowest BCUT2D eigenvalue weighted by Gasteiger charge is -2.16. The maximum Gasteiger partial charge on any atom is 0.330 e. The molecule has 5 nitrogen and oxygen atoms in total. The van der Waals surface area contributed by atoms with Crippen LogP contribution in [0.25, 0.3) is 0 Å². The highest BCUT2D eigenvalue weighted by Crippen LogP contribution is 2.23. The molecule has 110 valence electrons. The molecule has 0 fully saturated rings. The Kier molecular flexibility index (Phi) is 4.55. The van der Waals surface area contributed by atoms with Gasteiger partial charge in [0, 0.05) is 23.8 Å². The van der Waals surface area contributed by atoms with Gasteiger partial charge in [0.15, 0.2) is 6.04 Å². The molecule has 0 saturated carbocycles. The largest absolute Gasteiger partial charge is 0.479 e. The normalized spacial score (nSPS) is 12.0. The zero-order chi connectivity index (χ0) is 15.6. The molecule has 0 radical (unpaired) electrons. The van der Waals surface area contributed by atoms with Gasteiger partial charge >= 0.3 is 5.97 Å². The lowest BCUT2D eigenvalue weighted by atomic mass is 10.1. The van der Waals surface area contributed by atoms with E-state index in [1.54, 1.807) is 37.5 Å². The van der Waals surface area contributed by atoms with Crippen molar-refractivity contribution in [1.29, 1.82) is 0 Å². The fraction of sp³-hybridized carbons (Fsp3) is 0.143. The van der Waals surface area contributed by atoms with Crippen LogP contribution in [0.3, 0.4) is 0 Å². The molecule has 7 heteroatoms. The van der Waals surface area contributed by atoms with Gasteiger partial charge in [-0.05, 0) is 12.1 Å². The molecule has 21 heavy (non-hydrogen) atoms. The number of amides is 1. The number of benzene rings is 1. The molecular formula is C14H12Cl2N2O3. The second-order valence-corrected chi connectivity index (χ2v) is 5.26. The van der Waals surface area contributed by atoms with Crippen LogP contribution in [0.5, 0.6) is 0 Å². The summed E-state index contributed by atoms with van der Waals surface area (Å²) in [5.74, 6) is -1.74. The second-order valence-electron chi connectivity index (χ2n) is 4.42. The van der Waals surface area contributed by atoms with Crippen molar-refractivity contribution in [3.63, 3.8) is 0 Å². The van der Waals surface area contributed by atoms with Gasteiger partial charge in [0.2, 0.25) is 0 Å². The van der Waals surface area contributed by atoms with E-state index in [1.165, 1.54) is 10.6 Å². The lowest BCUT2D eigenvalue weighted by Crippen LogP contribution is -2.34. The molecular weight excluding hydrogens is 315 g/mol. The first-order chi connectivity index (χ1) is 9.90. The molecule has 1 aromatic heterocycles. The Balaban J connectivity index is 2.29. The molecule has 2 rings (SSSR count). The number of nitrogens with one attached hydrogen (secondary N) is 1. The van der Waals surface area contributed by atoms with Crippen molar-refractivity contribution < 1.29 is 14.7 Å². The van der Waals surface area contributed by atoms with Crippen molar-refractivity contribution in [2.45, 2.75) is 6.04 Å². The third-order valence-corrected chi connectivity index (χ3v) is 3.49. The van der Waals surface area contributed by atoms with E-state index < -0.39 is 17.9 Å². The fourth-order valence-electron chi connectivity index (χ4n) is 1.94. The van der Waals surface area contributed by atoms with Gasteiger partial charge in [-0.15, -0.1) is 0 Å². The van der Waals surface area contributed by atoms with Gasteiger partial charge in [-0.2, -0.15) is 0 Å². The summed E-state index contributed by atoms with van der Waals surface area (Å²) in [6.07, 6.45) is 1.56. The molecule has 1 aromatic carbocycles. The number of aryl methyl sites for hydroxylation is 1. The van der Waals surface area contributed by atoms with Crippen molar-refractivity contribution in [2.75, 3.05) is 0 Å². The van der Waals surface area contributed by atoms with Gasteiger partial charge in [0.25, 0.3) is 5.91 Å². The molecule has 0 saturated heterocycles. The summed E-state index contributed by atoms with van der Waals surface area (Å²) in [6.45, 7) is 0. The molecule has 0 unspecified atom stereocenters. The average molecular weight is 327 g/mol. The summed E-state index contributed by atoms with van der Waals surface area (Å²) in [5, 5.41) is 12.4. The summed E-state index contributed by atoms with van der Waals surface area (Å²) in [5.41, 5.74) is 0.582. The number of hydrogen-bond donors (Lipinski definition) is 2. The van der Waals surface area contributed by atoms with Crippen LogP contribution in [0, 0.1) is 0 Å². The van der Waals surface area contributed by atoms with Crippen LogP contribution >= 0.6 is 23.2 Å². The number of carbonyl (C=O) groups excluding carboxylic acids is 1. The van der Waals surface area contributed by atoms with Crippen LogP contribution in [-0.2, 0) is 11.8 Å². The molecule has 1 amide bonds. The molecule has 1 heterocycles. The number of rotatable bonds is 4. The van der Waals surface area contributed by atoms with Gasteiger partial charge in [-0.25, -0.2) is 4.79 Å². The van der Waals surface area contributed by atoms with Crippen LogP contribution in [0.4, 0.5) is 0 Å². The zero-order valence-corrected chi connectivity index (χ0v) is 12.5. The van der Waals surface area contributed by atoms with E-state index in [9.17, 15) is 14.7 Å². The maximum absolute atomic E-state index is 12.2. The maximum atomic E-state index is 12.2. The summed E-state index contributed by atoms with van der Waals surface area (Å²) >= 11 is 11.8. The third kappa shape index (κ3) is 3.37. The van der Waals surface area contributed by atoms with Crippen LogP contribution < -0.4 is 5.32 Å². The summed E-state index contributed by atoms with van der Waals surface area (Å²) in [6, 6.07) is 6.69. The Hall–Kier alpha value is -1.98. The van der Waals surface area contributed by atoms with E-state index >= 15 is 0 Å². The summed E-state index contributed by atoms with van der Waals surface area (Å²) in [4.78, 5) is 23.6. The van der Waals surface area contributed by atoms with Crippen molar-refractivity contribution in [3.05, 3.63) is 57.8 Å². The van der Waals surface area contributed by atoms with E-state index in [2.05, 4.69) is 5.32 Å². The lowest BCUT2D eigenvalue weighted by molar-refractivity contribution is -0.139. The molecule has 2 N–H and O–H groups in total. The predicted molar refractivity (Wildman–Crippen MR) is 79.7 cm³/mol. The first-order valence-electron chi connectivity index (χ1n) is 6.00. The Labute approximate surface area is 131 Å². The summed E-state index contributed by atoms with van der Waals surface area (Å²) < 4.78 is 1.52. The minimum Gasteiger partial charge on any atom is -0.479 e. The van der Waals surface area contributed by atoms with E-state index in [1.807, 2.05) is 0 Å². The topological polar surface area (TPSA) is 71.3 Å². The van der Waals surface area contributed by atoms with E-state index in [-0.39, 0.29) is 10.7 Å².